The van der Waals surface area contributed by atoms with E-state index >= 15 is 0 Å². The van der Waals surface area contributed by atoms with Gasteiger partial charge in [0.2, 0.25) is 5.91 Å². The van der Waals surface area contributed by atoms with Gasteiger partial charge in [0.1, 0.15) is 0 Å². The van der Waals surface area contributed by atoms with Gasteiger partial charge in [-0.25, -0.2) is 0 Å². The van der Waals surface area contributed by atoms with Gasteiger partial charge in [-0.05, 0) is 68.7 Å². The second-order valence-electron chi connectivity index (χ2n) is 7.36. The molecule has 0 aromatic heterocycles. The zero-order valence-corrected chi connectivity index (χ0v) is 16.9. The summed E-state index contributed by atoms with van der Waals surface area (Å²) in [5.41, 5.74) is 1.42. The zero-order valence-electron chi connectivity index (χ0n) is 16.1. The van der Waals surface area contributed by atoms with Crippen LogP contribution in [0.15, 0.2) is 48.5 Å². The molecule has 2 N–H and O–H groups in total. The van der Waals surface area contributed by atoms with Crippen molar-refractivity contribution in [2.75, 3.05) is 18.5 Å². The highest BCUT2D eigenvalue weighted by Gasteiger charge is 2.41. The molecule has 0 atom stereocenters. The Labute approximate surface area is 170 Å². The molecule has 1 heterocycles. The van der Waals surface area contributed by atoms with Crippen LogP contribution in [0.1, 0.15) is 42.6 Å². The van der Waals surface area contributed by atoms with Gasteiger partial charge in [0.25, 0.3) is 5.91 Å². The van der Waals surface area contributed by atoms with Gasteiger partial charge in [0, 0.05) is 35.5 Å². The van der Waals surface area contributed by atoms with Crippen LogP contribution in [0.25, 0.3) is 0 Å². The highest BCUT2D eigenvalue weighted by atomic mass is 35.5. The van der Waals surface area contributed by atoms with E-state index in [1.54, 1.807) is 30.3 Å². The molecule has 1 aliphatic heterocycles. The molecular formula is C22H25ClN2O3. The van der Waals surface area contributed by atoms with Crippen LogP contribution < -0.4 is 10.6 Å². The number of rotatable bonds is 5. The molecule has 148 valence electrons. The summed E-state index contributed by atoms with van der Waals surface area (Å²) in [6.07, 6.45) is 1.18. The van der Waals surface area contributed by atoms with Crippen LogP contribution in [0.5, 0.6) is 0 Å². The first kappa shape index (κ1) is 20.4. The summed E-state index contributed by atoms with van der Waals surface area (Å²) >= 11 is 6.17. The third-order valence-corrected chi connectivity index (χ3v) is 5.22. The number of hydrogen-bond acceptors (Lipinski definition) is 3. The summed E-state index contributed by atoms with van der Waals surface area (Å²) in [7, 11) is 0. The van der Waals surface area contributed by atoms with Gasteiger partial charge < -0.3 is 15.4 Å². The summed E-state index contributed by atoms with van der Waals surface area (Å²) in [4.78, 5) is 25.4. The van der Waals surface area contributed by atoms with Gasteiger partial charge in [0.05, 0.1) is 5.41 Å². The van der Waals surface area contributed by atoms with E-state index in [1.165, 1.54) is 0 Å². The molecule has 0 spiro atoms. The Morgan fingerprint density at radius 3 is 2.36 bits per heavy atom. The number of halogens is 1. The first-order chi connectivity index (χ1) is 13.4. The number of nitrogens with one attached hydrogen (secondary N) is 2. The average molecular weight is 401 g/mol. The molecule has 0 unspecified atom stereocenters. The predicted molar refractivity (Wildman–Crippen MR) is 111 cm³/mol. The van der Waals surface area contributed by atoms with E-state index in [0.29, 0.717) is 42.3 Å². The minimum absolute atomic E-state index is 0.0676. The SMILES string of the molecule is CC(C)NC(=O)c1ccc(NC(=O)C2(c3cccc(Cl)c3)CCOCC2)cc1. The Balaban J connectivity index is 1.80. The van der Waals surface area contributed by atoms with Gasteiger partial charge in [0.15, 0.2) is 0 Å². The van der Waals surface area contributed by atoms with Crippen molar-refractivity contribution in [1.82, 2.24) is 5.32 Å². The van der Waals surface area contributed by atoms with Crippen molar-refractivity contribution in [3.8, 4) is 0 Å². The number of benzene rings is 2. The second kappa shape index (κ2) is 8.76. The van der Waals surface area contributed by atoms with Crippen molar-refractivity contribution in [2.45, 2.75) is 38.1 Å². The molecular weight excluding hydrogens is 376 g/mol. The summed E-state index contributed by atoms with van der Waals surface area (Å²) in [6, 6.07) is 14.4. The number of hydrogen-bond donors (Lipinski definition) is 2. The molecule has 0 aliphatic carbocycles. The molecule has 1 aliphatic rings. The lowest BCUT2D eigenvalue weighted by atomic mass is 9.73. The minimum atomic E-state index is -0.684. The smallest absolute Gasteiger partial charge is 0.251 e. The molecule has 6 heteroatoms. The van der Waals surface area contributed by atoms with Crippen LogP contribution >= 0.6 is 11.6 Å². The second-order valence-corrected chi connectivity index (χ2v) is 7.80. The van der Waals surface area contributed by atoms with Gasteiger partial charge in [-0.15, -0.1) is 0 Å². The molecule has 0 radical (unpaired) electrons. The summed E-state index contributed by atoms with van der Waals surface area (Å²) in [5, 5.41) is 6.47. The standard InChI is InChI=1S/C22H25ClN2O3/c1-15(2)24-20(26)16-6-8-19(9-7-16)25-21(27)22(10-12-28-13-11-22)17-4-3-5-18(23)14-17/h3-9,14-15H,10-13H2,1-2H3,(H,24,26)(H,25,27). The van der Waals surface area contributed by atoms with Gasteiger partial charge in [-0.3, -0.25) is 9.59 Å². The van der Waals surface area contributed by atoms with Gasteiger partial charge in [-0.1, -0.05) is 23.7 Å². The monoisotopic (exact) mass is 400 g/mol. The molecule has 1 saturated heterocycles. The molecule has 2 aromatic rings. The summed E-state index contributed by atoms with van der Waals surface area (Å²) < 4.78 is 5.49. The van der Waals surface area contributed by atoms with E-state index in [9.17, 15) is 9.59 Å². The number of amides is 2. The molecule has 5 nitrogen and oxygen atoms in total. The van der Waals surface area contributed by atoms with Crippen LogP contribution in [-0.4, -0.2) is 31.1 Å². The van der Waals surface area contributed by atoms with Crippen molar-refractivity contribution < 1.29 is 14.3 Å². The molecule has 2 amide bonds. The number of anilines is 1. The van der Waals surface area contributed by atoms with Crippen LogP contribution in [-0.2, 0) is 14.9 Å². The maximum absolute atomic E-state index is 13.3. The highest BCUT2D eigenvalue weighted by Crippen LogP contribution is 2.37. The fraction of sp³-hybridized carbons (Fsp3) is 0.364. The Morgan fingerprint density at radius 2 is 1.75 bits per heavy atom. The fourth-order valence-corrected chi connectivity index (χ4v) is 3.64. The number of ether oxygens (including phenoxy) is 1. The Morgan fingerprint density at radius 1 is 1.07 bits per heavy atom. The van der Waals surface area contributed by atoms with E-state index in [-0.39, 0.29) is 17.9 Å². The lowest BCUT2D eigenvalue weighted by Gasteiger charge is -2.36. The van der Waals surface area contributed by atoms with Crippen LogP contribution in [0.2, 0.25) is 5.02 Å². The topological polar surface area (TPSA) is 67.4 Å². The lowest BCUT2D eigenvalue weighted by Crippen LogP contribution is -2.44. The number of carbonyl (C=O) groups is 2. The van der Waals surface area contributed by atoms with Crippen molar-refractivity contribution in [3.05, 3.63) is 64.7 Å². The summed E-state index contributed by atoms with van der Waals surface area (Å²) in [6.45, 7) is 4.87. The van der Waals surface area contributed by atoms with Crippen molar-refractivity contribution in [3.63, 3.8) is 0 Å². The Bertz CT molecular complexity index is 843. The van der Waals surface area contributed by atoms with Crippen LogP contribution in [0, 0.1) is 0 Å². The van der Waals surface area contributed by atoms with Crippen LogP contribution in [0.3, 0.4) is 0 Å². The maximum Gasteiger partial charge on any atom is 0.251 e. The fourth-order valence-electron chi connectivity index (χ4n) is 3.45. The molecule has 0 saturated carbocycles. The van der Waals surface area contributed by atoms with Crippen molar-refractivity contribution in [2.24, 2.45) is 0 Å². The van der Waals surface area contributed by atoms with E-state index in [1.807, 2.05) is 32.0 Å². The Kier molecular flexibility index (Phi) is 6.37. The summed E-state index contributed by atoms with van der Waals surface area (Å²) in [5.74, 6) is -0.217. The quantitative estimate of drug-likeness (QED) is 0.791. The zero-order chi connectivity index (χ0) is 20.1. The molecule has 28 heavy (non-hydrogen) atoms. The molecule has 3 rings (SSSR count). The predicted octanol–water partition coefficient (Wildman–Crippen LogP) is 4.17. The average Bonchev–Trinajstić information content (AvgIpc) is 2.68. The largest absolute Gasteiger partial charge is 0.381 e. The lowest BCUT2D eigenvalue weighted by molar-refractivity contribution is -0.125. The molecule has 2 aromatic carbocycles. The van der Waals surface area contributed by atoms with Crippen LogP contribution in [0.4, 0.5) is 5.69 Å². The van der Waals surface area contributed by atoms with E-state index in [0.717, 1.165) is 5.56 Å². The first-order valence-corrected chi connectivity index (χ1v) is 9.85. The normalized spacial score (nSPS) is 15.9. The first-order valence-electron chi connectivity index (χ1n) is 9.47. The minimum Gasteiger partial charge on any atom is -0.381 e. The molecule has 0 bridgehead atoms. The highest BCUT2D eigenvalue weighted by molar-refractivity contribution is 6.30. The molecule has 1 fully saturated rings. The van der Waals surface area contributed by atoms with Gasteiger partial charge >= 0.3 is 0 Å². The van der Waals surface area contributed by atoms with Crippen molar-refractivity contribution >= 4 is 29.1 Å². The maximum atomic E-state index is 13.3. The number of carbonyl (C=O) groups excluding carboxylic acids is 2. The third-order valence-electron chi connectivity index (χ3n) is 4.98. The van der Waals surface area contributed by atoms with Gasteiger partial charge in [-0.2, -0.15) is 0 Å². The Hall–Kier alpha value is -2.37. The van der Waals surface area contributed by atoms with E-state index < -0.39 is 5.41 Å². The third kappa shape index (κ3) is 4.54. The van der Waals surface area contributed by atoms with E-state index in [2.05, 4.69) is 10.6 Å². The van der Waals surface area contributed by atoms with Crippen molar-refractivity contribution in [1.29, 1.82) is 0 Å². The van der Waals surface area contributed by atoms with E-state index in [4.69, 9.17) is 16.3 Å².